The van der Waals surface area contributed by atoms with Gasteiger partial charge in [-0.1, -0.05) is 13.3 Å². The van der Waals surface area contributed by atoms with Crippen molar-refractivity contribution in [1.82, 2.24) is 0 Å². The summed E-state index contributed by atoms with van der Waals surface area (Å²) in [5, 5.41) is 7.03. The Morgan fingerprint density at radius 3 is 2.53 bits per heavy atom. The summed E-state index contributed by atoms with van der Waals surface area (Å²) in [6.45, 7) is 1.96. The molecule has 0 spiro atoms. The first-order valence-electron chi connectivity index (χ1n) is 5.99. The van der Waals surface area contributed by atoms with Gasteiger partial charge in [-0.25, -0.2) is 8.42 Å². The second-order valence-electron chi connectivity index (χ2n) is 4.11. The monoisotopic (exact) mass is 285 g/mol. The summed E-state index contributed by atoms with van der Waals surface area (Å²) in [4.78, 5) is 0. The summed E-state index contributed by atoms with van der Waals surface area (Å²) >= 11 is 0. The van der Waals surface area contributed by atoms with Crippen molar-refractivity contribution >= 4 is 21.5 Å². The number of hydrogen-bond acceptors (Lipinski definition) is 4. The van der Waals surface area contributed by atoms with Gasteiger partial charge in [-0.05, 0) is 30.7 Å². The molecule has 0 aliphatic rings. The molecule has 0 atom stereocenters. The Bertz CT molecular complexity index is 512. The van der Waals surface area contributed by atoms with Crippen LogP contribution in [-0.2, 0) is 10.0 Å². The number of nitrogens with two attached hydrogens (primary N) is 1. The SMILES string of the molecule is CCCCS(=O)(=O)Nc1ccc(OCC(=N)N)cc1. The Labute approximate surface area is 113 Å². The van der Waals surface area contributed by atoms with Gasteiger partial charge in [0, 0.05) is 5.69 Å². The quantitative estimate of drug-likeness (QED) is 0.497. The summed E-state index contributed by atoms with van der Waals surface area (Å²) < 4.78 is 31.0. The molecule has 0 bridgehead atoms. The predicted octanol–water partition coefficient (Wildman–Crippen LogP) is 1.54. The predicted molar refractivity (Wildman–Crippen MR) is 76.2 cm³/mol. The molecule has 19 heavy (non-hydrogen) atoms. The van der Waals surface area contributed by atoms with Crippen LogP contribution in [0.2, 0.25) is 0 Å². The van der Waals surface area contributed by atoms with E-state index in [4.69, 9.17) is 15.9 Å². The first-order chi connectivity index (χ1) is 8.93. The molecule has 0 aromatic heterocycles. The van der Waals surface area contributed by atoms with Gasteiger partial charge in [0.05, 0.1) is 5.75 Å². The Balaban J connectivity index is 2.59. The van der Waals surface area contributed by atoms with Crippen LogP contribution < -0.4 is 15.2 Å². The third-order valence-electron chi connectivity index (χ3n) is 2.29. The number of ether oxygens (including phenoxy) is 1. The van der Waals surface area contributed by atoms with E-state index in [1.54, 1.807) is 24.3 Å². The van der Waals surface area contributed by atoms with Gasteiger partial charge in [-0.2, -0.15) is 0 Å². The maximum absolute atomic E-state index is 11.7. The van der Waals surface area contributed by atoms with Crippen LogP contribution in [0.3, 0.4) is 0 Å². The number of benzene rings is 1. The van der Waals surface area contributed by atoms with Crippen LogP contribution in [-0.4, -0.2) is 26.6 Å². The lowest BCUT2D eigenvalue weighted by molar-refractivity contribution is 0.374. The minimum atomic E-state index is -3.28. The smallest absolute Gasteiger partial charge is 0.232 e. The zero-order chi connectivity index (χ0) is 14.3. The first kappa shape index (κ1) is 15.3. The van der Waals surface area contributed by atoms with Gasteiger partial charge < -0.3 is 10.5 Å². The molecule has 0 aliphatic carbocycles. The van der Waals surface area contributed by atoms with Gasteiger partial charge in [0.15, 0.2) is 0 Å². The van der Waals surface area contributed by atoms with Crippen LogP contribution in [0, 0.1) is 5.41 Å². The van der Waals surface area contributed by atoms with Crippen molar-refractivity contribution in [2.75, 3.05) is 17.1 Å². The minimum Gasteiger partial charge on any atom is -0.486 e. The number of nitrogens with one attached hydrogen (secondary N) is 2. The lowest BCUT2D eigenvalue weighted by Gasteiger charge is -2.09. The van der Waals surface area contributed by atoms with E-state index in [2.05, 4.69) is 4.72 Å². The second-order valence-corrected chi connectivity index (χ2v) is 5.95. The number of rotatable bonds is 8. The van der Waals surface area contributed by atoms with Gasteiger partial charge in [0.25, 0.3) is 0 Å². The fraction of sp³-hybridized carbons (Fsp3) is 0.417. The van der Waals surface area contributed by atoms with Crippen molar-refractivity contribution in [3.05, 3.63) is 24.3 Å². The fourth-order valence-corrected chi connectivity index (χ4v) is 2.61. The van der Waals surface area contributed by atoms with Crippen LogP contribution in [0.5, 0.6) is 5.75 Å². The molecule has 7 heteroatoms. The molecule has 1 rings (SSSR count). The number of anilines is 1. The molecular weight excluding hydrogens is 266 g/mol. The van der Waals surface area contributed by atoms with Gasteiger partial charge in [-0.3, -0.25) is 10.1 Å². The summed E-state index contributed by atoms with van der Waals surface area (Å²) in [5.74, 6) is 0.586. The third kappa shape index (κ3) is 6.10. The molecule has 0 saturated carbocycles. The summed E-state index contributed by atoms with van der Waals surface area (Å²) in [6, 6.07) is 6.47. The summed E-state index contributed by atoms with van der Waals surface area (Å²) in [7, 11) is -3.28. The van der Waals surface area contributed by atoms with Crippen molar-refractivity contribution in [1.29, 1.82) is 5.41 Å². The summed E-state index contributed by atoms with van der Waals surface area (Å²) in [6.07, 6.45) is 1.47. The van der Waals surface area contributed by atoms with Crippen molar-refractivity contribution in [3.63, 3.8) is 0 Å². The highest BCUT2D eigenvalue weighted by molar-refractivity contribution is 7.92. The highest BCUT2D eigenvalue weighted by Gasteiger charge is 2.09. The van der Waals surface area contributed by atoms with Crippen molar-refractivity contribution in [2.45, 2.75) is 19.8 Å². The Hall–Kier alpha value is -1.76. The van der Waals surface area contributed by atoms with Gasteiger partial charge in [0.1, 0.15) is 18.2 Å². The zero-order valence-electron chi connectivity index (χ0n) is 10.8. The Kier molecular flexibility index (Phi) is 5.62. The molecule has 0 radical (unpaired) electrons. The van der Waals surface area contributed by atoms with E-state index < -0.39 is 10.0 Å². The van der Waals surface area contributed by atoms with Crippen molar-refractivity contribution in [3.8, 4) is 5.75 Å². The number of sulfonamides is 1. The molecule has 1 aromatic carbocycles. The average molecular weight is 285 g/mol. The summed E-state index contributed by atoms with van der Waals surface area (Å²) in [5.41, 5.74) is 5.66. The number of unbranched alkanes of at least 4 members (excludes halogenated alkanes) is 1. The van der Waals surface area contributed by atoms with E-state index in [1.165, 1.54) is 0 Å². The largest absolute Gasteiger partial charge is 0.486 e. The van der Waals surface area contributed by atoms with E-state index in [0.717, 1.165) is 6.42 Å². The lowest BCUT2D eigenvalue weighted by Crippen LogP contribution is -2.19. The molecule has 0 fully saturated rings. The maximum Gasteiger partial charge on any atom is 0.232 e. The fourth-order valence-electron chi connectivity index (χ4n) is 1.35. The standard InChI is InChI=1S/C12H19N3O3S/c1-2-3-8-19(16,17)15-10-4-6-11(7-5-10)18-9-12(13)14/h4-7,15H,2-3,8-9H2,1H3,(H3,13,14). The Morgan fingerprint density at radius 2 is 2.00 bits per heavy atom. The molecule has 0 saturated heterocycles. The van der Waals surface area contributed by atoms with Crippen LogP contribution in [0.15, 0.2) is 24.3 Å². The molecule has 0 aliphatic heterocycles. The number of amidine groups is 1. The van der Waals surface area contributed by atoms with Gasteiger partial charge in [0.2, 0.25) is 10.0 Å². The normalized spacial score (nSPS) is 11.0. The third-order valence-corrected chi connectivity index (χ3v) is 3.66. The molecule has 1 aromatic rings. The number of hydrogen-bond donors (Lipinski definition) is 3. The van der Waals surface area contributed by atoms with Crippen LogP contribution in [0.4, 0.5) is 5.69 Å². The highest BCUT2D eigenvalue weighted by atomic mass is 32.2. The van der Waals surface area contributed by atoms with Gasteiger partial charge >= 0.3 is 0 Å². The molecule has 0 unspecified atom stereocenters. The highest BCUT2D eigenvalue weighted by Crippen LogP contribution is 2.17. The topological polar surface area (TPSA) is 105 Å². The molecule has 0 heterocycles. The van der Waals surface area contributed by atoms with E-state index in [1.807, 2.05) is 6.92 Å². The van der Waals surface area contributed by atoms with Gasteiger partial charge in [-0.15, -0.1) is 0 Å². The van der Waals surface area contributed by atoms with Crippen molar-refractivity contribution < 1.29 is 13.2 Å². The Morgan fingerprint density at radius 1 is 1.37 bits per heavy atom. The van der Waals surface area contributed by atoms with Crippen LogP contribution in [0.25, 0.3) is 0 Å². The maximum atomic E-state index is 11.7. The minimum absolute atomic E-state index is 0.0155. The second kappa shape index (κ2) is 6.98. The molecule has 0 amide bonds. The van der Waals surface area contributed by atoms with E-state index in [9.17, 15) is 8.42 Å². The van der Waals surface area contributed by atoms with E-state index >= 15 is 0 Å². The lowest BCUT2D eigenvalue weighted by atomic mass is 10.3. The van der Waals surface area contributed by atoms with Crippen molar-refractivity contribution in [2.24, 2.45) is 5.73 Å². The molecule has 106 valence electrons. The average Bonchev–Trinajstić information content (AvgIpc) is 2.35. The van der Waals surface area contributed by atoms with E-state index in [0.29, 0.717) is 17.9 Å². The first-order valence-corrected chi connectivity index (χ1v) is 7.64. The van der Waals surface area contributed by atoms with E-state index in [-0.39, 0.29) is 18.2 Å². The zero-order valence-corrected chi connectivity index (χ0v) is 11.7. The molecule has 4 N–H and O–H groups in total. The van der Waals surface area contributed by atoms with Crippen LogP contribution >= 0.6 is 0 Å². The molecule has 6 nitrogen and oxygen atoms in total. The molecular formula is C12H19N3O3S. The van der Waals surface area contributed by atoms with Crippen LogP contribution in [0.1, 0.15) is 19.8 Å².